The zero-order chi connectivity index (χ0) is 18.2. The van der Waals surface area contributed by atoms with E-state index in [0.29, 0.717) is 19.1 Å². The molecule has 2 aromatic heterocycles. The number of rotatable bonds is 9. The van der Waals surface area contributed by atoms with E-state index in [-0.39, 0.29) is 11.3 Å². The molecule has 0 saturated carbocycles. The summed E-state index contributed by atoms with van der Waals surface area (Å²) >= 11 is 1.77. The Bertz CT molecular complexity index is 879. The second kappa shape index (κ2) is 9.10. The maximum atomic E-state index is 12.1. The van der Waals surface area contributed by atoms with Crippen molar-refractivity contribution in [1.29, 1.82) is 0 Å². The summed E-state index contributed by atoms with van der Waals surface area (Å²) in [6, 6.07) is 9.69. The van der Waals surface area contributed by atoms with Gasteiger partial charge in [0.2, 0.25) is 11.7 Å². The summed E-state index contributed by atoms with van der Waals surface area (Å²) < 4.78 is 5.53. The molecule has 8 heteroatoms. The molecule has 0 aliphatic heterocycles. The summed E-state index contributed by atoms with van der Waals surface area (Å²) in [6.45, 7) is 3.04. The molecule has 3 rings (SSSR count). The molecule has 0 fully saturated rings. The number of aromatic amines is 2. The molecule has 7 nitrogen and oxygen atoms in total. The molecule has 0 radical (unpaired) electrons. The van der Waals surface area contributed by atoms with Crippen LogP contribution in [-0.2, 0) is 12.4 Å². The Morgan fingerprint density at radius 3 is 2.81 bits per heavy atom. The Balaban J connectivity index is 1.42. The van der Waals surface area contributed by atoms with Gasteiger partial charge >= 0.3 is 0 Å². The Hall–Kier alpha value is -2.74. The number of nitrogens with one attached hydrogen (secondary N) is 3. The largest absolute Gasteiger partial charge is 0.482 e. The van der Waals surface area contributed by atoms with Crippen molar-refractivity contribution in [3.05, 3.63) is 70.2 Å². The Kier molecular flexibility index (Phi) is 6.32. The van der Waals surface area contributed by atoms with Gasteiger partial charge in [0.25, 0.3) is 5.56 Å². The van der Waals surface area contributed by atoms with E-state index in [1.807, 2.05) is 37.3 Å². The average molecular weight is 371 g/mol. The van der Waals surface area contributed by atoms with Crippen molar-refractivity contribution in [2.75, 3.05) is 17.6 Å². The molecular weight excluding hydrogens is 350 g/mol. The minimum absolute atomic E-state index is 0.211. The number of aryl methyl sites for hydroxylation is 1. The zero-order valence-electron chi connectivity index (χ0n) is 14.5. The molecule has 0 amide bonds. The van der Waals surface area contributed by atoms with Gasteiger partial charge in [-0.15, -0.1) is 0 Å². The van der Waals surface area contributed by atoms with Crippen LogP contribution in [0.1, 0.15) is 17.0 Å². The molecule has 0 atom stereocenters. The van der Waals surface area contributed by atoms with Gasteiger partial charge in [-0.1, -0.05) is 30.3 Å². The first-order valence-electron chi connectivity index (χ1n) is 8.29. The lowest BCUT2D eigenvalue weighted by Crippen LogP contribution is -2.16. The van der Waals surface area contributed by atoms with Crippen LogP contribution >= 0.6 is 11.8 Å². The Morgan fingerprint density at radius 2 is 2.08 bits per heavy atom. The van der Waals surface area contributed by atoms with Crippen molar-refractivity contribution < 1.29 is 4.74 Å². The Morgan fingerprint density at radius 1 is 1.23 bits per heavy atom. The summed E-state index contributed by atoms with van der Waals surface area (Å²) in [5, 5.41) is 3.11. The lowest BCUT2D eigenvalue weighted by molar-refractivity contribution is 0.300. The van der Waals surface area contributed by atoms with E-state index in [2.05, 4.69) is 25.3 Å². The fraction of sp³-hybridized carbons (Fsp3) is 0.278. The van der Waals surface area contributed by atoms with Crippen LogP contribution in [0.2, 0.25) is 0 Å². The van der Waals surface area contributed by atoms with Crippen LogP contribution in [0.15, 0.2) is 47.7 Å². The SMILES string of the molecule is Cc1[nH]cnc1CSCCNc1ncc(OCc2ccccc2)c(=O)[nH]1. The van der Waals surface area contributed by atoms with Crippen molar-refractivity contribution in [2.24, 2.45) is 0 Å². The monoisotopic (exact) mass is 371 g/mol. The second-order valence-electron chi connectivity index (χ2n) is 5.65. The topological polar surface area (TPSA) is 95.7 Å². The van der Waals surface area contributed by atoms with Crippen molar-refractivity contribution in [3.63, 3.8) is 0 Å². The van der Waals surface area contributed by atoms with Crippen LogP contribution in [0.5, 0.6) is 5.75 Å². The van der Waals surface area contributed by atoms with Gasteiger partial charge in [0.1, 0.15) is 6.61 Å². The highest BCUT2D eigenvalue weighted by Gasteiger charge is 2.05. The molecule has 0 unspecified atom stereocenters. The number of H-pyrrole nitrogens is 2. The van der Waals surface area contributed by atoms with E-state index in [1.54, 1.807) is 18.1 Å². The summed E-state index contributed by atoms with van der Waals surface area (Å²) in [7, 11) is 0. The zero-order valence-corrected chi connectivity index (χ0v) is 15.3. The quantitative estimate of drug-likeness (QED) is 0.501. The number of thioether (sulfide) groups is 1. The van der Waals surface area contributed by atoms with Crippen LogP contribution in [-0.4, -0.2) is 32.2 Å². The van der Waals surface area contributed by atoms with Gasteiger partial charge in [0.15, 0.2) is 0 Å². The second-order valence-corrected chi connectivity index (χ2v) is 6.76. The first kappa shape index (κ1) is 18.1. The molecular formula is C18H21N5O2S. The summed E-state index contributed by atoms with van der Waals surface area (Å²) in [4.78, 5) is 26.3. The fourth-order valence-electron chi connectivity index (χ4n) is 2.25. The molecule has 2 heterocycles. The fourth-order valence-corrected chi connectivity index (χ4v) is 3.13. The van der Waals surface area contributed by atoms with Gasteiger partial charge in [-0.25, -0.2) is 9.97 Å². The molecule has 0 spiro atoms. The highest BCUT2D eigenvalue weighted by atomic mass is 32.2. The smallest absolute Gasteiger partial charge is 0.294 e. The lowest BCUT2D eigenvalue weighted by Gasteiger charge is -2.07. The predicted molar refractivity (Wildman–Crippen MR) is 104 cm³/mol. The molecule has 0 aliphatic rings. The molecule has 3 aromatic rings. The number of nitrogens with zero attached hydrogens (tertiary/aromatic N) is 2. The average Bonchev–Trinajstić information content (AvgIpc) is 3.06. The summed E-state index contributed by atoms with van der Waals surface area (Å²) in [6.07, 6.45) is 3.16. The van der Waals surface area contributed by atoms with Gasteiger partial charge in [-0.05, 0) is 12.5 Å². The van der Waals surface area contributed by atoms with E-state index in [0.717, 1.165) is 28.5 Å². The third-order valence-electron chi connectivity index (χ3n) is 3.72. The van der Waals surface area contributed by atoms with Crippen molar-refractivity contribution in [2.45, 2.75) is 19.3 Å². The molecule has 0 aliphatic carbocycles. The number of imidazole rings is 1. The van der Waals surface area contributed by atoms with E-state index in [4.69, 9.17) is 4.74 Å². The maximum Gasteiger partial charge on any atom is 0.294 e. The number of anilines is 1. The van der Waals surface area contributed by atoms with Gasteiger partial charge < -0.3 is 15.0 Å². The molecule has 26 heavy (non-hydrogen) atoms. The van der Waals surface area contributed by atoms with Crippen LogP contribution in [0, 0.1) is 6.92 Å². The lowest BCUT2D eigenvalue weighted by atomic mass is 10.2. The minimum Gasteiger partial charge on any atom is -0.482 e. The van der Waals surface area contributed by atoms with Gasteiger partial charge in [0.05, 0.1) is 18.2 Å². The number of aromatic nitrogens is 4. The van der Waals surface area contributed by atoms with Crippen LogP contribution in [0.25, 0.3) is 0 Å². The van der Waals surface area contributed by atoms with E-state index in [1.165, 1.54) is 6.20 Å². The Labute approximate surface area is 155 Å². The van der Waals surface area contributed by atoms with E-state index >= 15 is 0 Å². The van der Waals surface area contributed by atoms with Crippen LogP contribution < -0.4 is 15.6 Å². The predicted octanol–water partition coefficient (Wildman–Crippen LogP) is 2.73. The summed E-state index contributed by atoms with van der Waals surface area (Å²) in [5.41, 5.74) is 2.88. The van der Waals surface area contributed by atoms with E-state index < -0.39 is 0 Å². The van der Waals surface area contributed by atoms with Gasteiger partial charge in [0, 0.05) is 23.7 Å². The molecule has 0 bridgehead atoms. The van der Waals surface area contributed by atoms with Crippen molar-refractivity contribution >= 4 is 17.7 Å². The van der Waals surface area contributed by atoms with Gasteiger partial charge in [-0.2, -0.15) is 11.8 Å². The summed E-state index contributed by atoms with van der Waals surface area (Å²) in [5.74, 6) is 2.39. The molecule has 1 aromatic carbocycles. The third kappa shape index (κ3) is 5.13. The minimum atomic E-state index is -0.293. The number of hydrogen-bond donors (Lipinski definition) is 3. The van der Waals surface area contributed by atoms with Crippen molar-refractivity contribution in [3.8, 4) is 5.75 Å². The van der Waals surface area contributed by atoms with Gasteiger partial charge in [-0.3, -0.25) is 9.78 Å². The number of benzene rings is 1. The van der Waals surface area contributed by atoms with Crippen LogP contribution in [0.3, 0.4) is 0 Å². The maximum absolute atomic E-state index is 12.1. The molecule has 3 N–H and O–H groups in total. The first-order chi connectivity index (χ1) is 12.7. The van der Waals surface area contributed by atoms with E-state index in [9.17, 15) is 4.79 Å². The van der Waals surface area contributed by atoms with Crippen molar-refractivity contribution in [1.82, 2.24) is 19.9 Å². The molecule has 136 valence electrons. The highest BCUT2D eigenvalue weighted by molar-refractivity contribution is 7.98. The third-order valence-corrected chi connectivity index (χ3v) is 4.69. The number of ether oxygens (including phenoxy) is 1. The normalized spacial score (nSPS) is 10.7. The molecule has 0 saturated heterocycles. The van der Waals surface area contributed by atoms with Crippen LogP contribution in [0.4, 0.5) is 5.95 Å². The highest BCUT2D eigenvalue weighted by Crippen LogP contribution is 2.12. The first-order valence-corrected chi connectivity index (χ1v) is 9.44. The standard InChI is InChI=1S/C18H21N5O2S/c1-13-15(22-12-21-13)11-26-8-7-19-18-20-9-16(17(24)23-18)25-10-14-5-3-2-4-6-14/h2-6,9,12H,7-8,10-11H2,1H3,(H,21,22)(H2,19,20,23,24). The number of hydrogen-bond acceptors (Lipinski definition) is 6.